The number of hydrogen-bond acceptors (Lipinski definition) is 3. The van der Waals surface area contributed by atoms with Gasteiger partial charge in [0, 0.05) is 11.0 Å². The van der Waals surface area contributed by atoms with Crippen LogP contribution in [-0.2, 0) is 9.53 Å². The van der Waals surface area contributed by atoms with Crippen LogP contribution in [0.15, 0.2) is 0 Å². The highest BCUT2D eigenvalue weighted by Gasteiger charge is 2.77. The van der Waals surface area contributed by atoms with Gasteiger partial charge < -0.3 is 10.5 Å². The molecule has 0 aromatic rings. The molecule has 15 heavy (non-hydrogen) atoms. The molecule has 0 radical (unpaired) electrons. The van der Waals surface area contributed by atoms with Gasteiger partial charge in [0.05, 0.1) is 13.0 Å². The summed E-state index contributed by atoms with van der Waals surface area (Å²) in [5, 5.41) is 0. The minimum atomic E-state index is -0.0474. The molecule has 0 aromatic carbocycles. The standard InChI is InChI=1S/C12H19NO2/c1-7-4-11(13)6-8-3-9(10(14)15-2)12(8,11)5-7/h7-9H,3-6,13H2,1-2H3. The van der Waals surface area contributed by atoms with Crippen molar-refractivity contribution in [2.24, 2.45) is 28.9 Å². The first-order chi connectivity index (χ1) is 7.03. The Labute approximate surface area is 90.4 Å². The van der Waals surface area contributed by atoms with E-state index in [0.29, 0.717) is 11.8 Å². The lowest BCUT2D eigenvalue weighted by atomic mass is 9.35. The van der Waals surface area contributed by atoms with Crippen LogP contribution in [0.3, 0.4) is 0 Å². The average molecular weight is 209 g/mol. The molecule has 3 heteroatoms. The van der Waals surface area contributed by atoms with Gasteiger partial charge in [0.25, 0.3) is 0 Å². The van der Waals surface area contributed by atoms with E-state index in [4.69, 9.17) is 10.5 Å². The molecule has 3 aliphatic rings. The van der Waals surface area contributed by atoms with Crippen LogP contribution in [0.1, 0.15) is 32.6 Å². The van der Waals surface area contributed by atoms with Crippen LogP contribution in [-0.4, -0.2) is 18.6 Å². The fourth-order valence-electron chi connectivity index (χ4n) is 4.85. The van der Waals surface area contributed by atoms with Crippen molar-refractivity contribution < 1.29 is 9.53 Å². The number of esters is 1. The van der Waals surface area contributed by atoms with Gasteiger partial charge in [-0.1, -0.05) is 6.92 Å². The van der Waals surface area contributed by atoms with Crippen LogP contribution in [0.4, 0.5) is 0 Å². The van der Waals surface area contributed by atoms with Gasteiger partial charge in [-0.2, -0.15) is 0 Å². The van der Waals surface area contributed by atoms with Gasteiger partial charge in [-0.3, -0.25) is 4.79 Å². The lowest BCUT2D eigenvalue weighted by Gasteiger charge is -2.70. The highest BCUT2D eigenvalue weighted by molar-refractivity contribution is 5.76. The van der Waals surface area contributed by atoms with E-state index in [0.717, 1.165) is 25.7 Å². The fraction of sp³-hybridized carbons (Fsp3) is 0.917. The highest BCUT2D eigenvalue weighted by atomic mass is 16.5. The van der Waals surface area contributed by atoms with E-state index in [-0.39, 0.29) is 22.8 Å². The smallest absolute Gasteiger partial charge is 0.309 e. The molecule has 0 saturated heterocycles. The van der Waals surface area contributed by atoms with E-state index in [1.807, 2.05) is 0 Å². The third-order valence-corrected chi connectivity index (χ3v) is 5.29. The van der Waals surface area contributed by atoms with Crippen LogP contribution in [0, 0.1) is 23.2 Å². The maximum Gasteiger partial charge on any atom is 0.309 e. The molecule has 3 saturated carbocycles. The second-order valence-corrected chi connectivity index (χ2v) is 5.92. The number of carbonyl (C=O) groups is 1. The minimum absolute atomic E-state index is 0.0325. The lowest BCUT2D eigenvalue weighted by molar-refractivity contribution is -0.212. The first kappa shape index (κ1) is 9.64. The zero-order chi connectivity index (χ0) is 10.8. The predicted octanol–water partition coefficient (Wildman–Crippen LogP) is 1.31. The molecule has 3 rings (SSSR count). The maximum atomic E-state index is 11.7. The Bertz CT molecular complexity index is 330. The van der Waals surface area contributed by atoms with Gasteiger partial charge in [-0.25, -0.2) is 0 Å². The number of ether oxygens (including phenoxy) is 1. The van der Waals surface area contributed by atoms with Crippen LogP contribution in [0.5, 0.6) is 0 Å². The summed E-state index contributed by atoms with van der Waals surface area (Å²) in [5.41, 5.74) is 6.53. The number of nitrogens with two attached hydrogens (primary N) is 1. The van der Waals surface area contributed by atoms with E-state index < -0.39 is 0 Å². The Balaban J connectivity index is 1.90. The highest BCUT2D eigenvalue weighted by Crippen LogP contribution is 2.76. The third kappa shape index (κ3) is 0.850. The van der Waals surface area contributed by atoms with Gasteiger partial charge in [0.15, 0.2) is 0 Å². The Morgan fingerprint density at radius 1 is 1.40 bits per heavy atom. The zero-order valence-electron chi connectivity index (χ0n) is 9.45. The summed E-state index contributed by atoms with van der Waals surface area (Å²) < 4.78 is 4.90. The molecule has 1 spiro atoms. The van der Waals surface area contributed by atoms with Gasteiger partial charge in [-0.05, 0) is 37.5 Å². The monoisotopic (exact) mass is 209 g/mol. The second-order valence-electron chi connectivity index (χ2n) is 5.92. The molecule has 3 fully saturated rings. The lowest BCUT2D eigenvalue weighted by Crippen LogP contribution is -2.76. The molecule has 3 aliphatic carbocycles. The van der Waals surface area contributed by atoms with Gasteiger partial charge in [0.2, 0.25) is 0 Å². The number of hydrogen-bond donors (Lipinski definition) is 1. The van der Waals surface area contributed by atoms with Crippen molar-refractivity contribution in [1.82, 2.24) is 0 Å². The largest absolute Gasteiger partial charge is 0.469 e. The summed E-state index contributed by atoms with van der Waals surface area (Å²) in [5.74, 6) is 1.44. The van der Waals surface area contributed by atoms with E-state index in [2.05, 4.69) is 6.92 Å². The number of methoxy groups -OCH3 is 1. The van der Waals surface area contributed by atoms with Crippen molar-refractivity contribution in [1.29, 1.82) is 0 Å². The number of rotatable bonds is 1. The molecule has 84 valence electrons. The average Bonchev–Trinajstić information content (AvgIpc) is 2.43. The van der Waals surface area contributed by atoms with E-state index in [9.17, 15) is 4.79 Å². The second kappa shape index (κ2) is 2.57. The molecule has 0 bridgehead atoms. The summed E-state index contributed by atoms with van der Waals surface area (Å²) in [4.78, 5) is 11.7. The van der Waals surface area contributed by atoms with Crippen molar-refractivity contribution in [2.75, 3.05) is 7.11 Å². The van der Waals surface area contributed by atoms with Crippen LogP contribution in [0.25, 0.3) is 0 Å². The third-order valence-electron chi connectivity index (χ3n) is 5.29. The Hall–Kier alpha value is -0.570. The first-order valence-corrected chi connectivity index (χ1v) is 5.90. The summed E-state index contributed by atoms with van der Waals surface area (Å²) in [6, 6.07) is 0. The van der Waals surface area contributed by atoms with Crippen molar-refractivity contribution in [3.05, 3.63) is 0 Å². The van der Waals surface area contributed by atoms with Crippen molar-refractivity contribution >= 4 is 5.97 Å². The van der Waals surface area contributed by atoms with Crippen LogP contribution in [0.2, 0.25) is 0 Å². The van der Waals surface area contributed by atoms with Gasteiger partial charge in [0.1, 0.15) is 0 Å². The summed E-state index contributed by atoms with van der Waals surface area (Å²) in [7, 11) is 1.49. The molecule has 5 atom stereocenters. The van der Waals surface area contributed by atoms with Crippen molar-refractivity contribution in [3.8, 4) is 0 Å². The van der Waals surface area contributed by atoms with Gasteiger partial charge >= 0.3 is 5.97 Å². The van der Waals surface area contributed by atoms with Crippen LogP contribution < -0.4 is 5.73 Å². The Morgan fingerprint density at radius 3 is 2.67 bits per heavy atom. The molecular weight excluding hydrogens is 190 g/mol. The molecule has 3 nitrogen and oxygen atoms in total. The van der Waals surface area contributed by atoms with Gasteiger partial charge in [-0.15, -0.1) is 0 Å². The predicted molar refractivity (Wildman–Crippen MR) is 56.0 cm³/mol. The molecule has 0 aromatic heterocycles. The minimum Gasteiger partial charge on any atom is -0.469 e. The maximum absolute atomic E-state index is 11.7. The Kier molecular flexibility index (Phi) is 1.65. The van der Waals surface area contributed by atoms with Crippen molar-refractivity contribution in [2.45, 2.75) is 38.1 Å². The van der Waals surface area contributed by atoms with Crippen molar-refractivity contribution in [3.63, 3.8) is 0 Å². The van der Waals surface area contributed by atoms with Crippen LogP contribution >= 0.6 is 0 Å². The zero-order valence-corrected chi connectivity index (χ0v) is 9.45. The van der Waals surface area contributed by atoms with E-state index in [1.165, 1.54) is 7.11 Å². The molecule has 0 aliphatic heterocycles. The first-order valence-electron chi connectivity index (χ1n) is 5.90. The Morgan fingerprint density at radius 2 is 2.13 bits per heavy atom. The summed E-state index contributed by atoms with van der Waals surface area (Å²) in [6.45, 7) is 2.26. The fourth-order valence-corrected chi connectivity index (χ4v) is 4.85. The summed E-state index contributed by atoms with van der Waals surface area (Å²) in [6.07, 6.45) is 4.37. The SMILES string of the molecule is COC(=O)C1CC2CC3(N)CC(C)CC213. The van der Waals surface area contributed by atoms with E-state index >= 15 is 0 Å². The topological polar surface area (TPSA) is 52.3 Å². The quantitative estimate of drug-likeness (QED) is 0.662. The van der Waals surface area contributed by atoms with E-state index in [1.54, 1.807) is 0 Å². The molecule has 2 N–H and O–H groups in total. The molecular formula is C12H19NO2. The number of carbonyl (C=O) groups excluding carboxylic acids is 1. The molecule has 0 heterocycles. The molecule has 5 unspecified atom stereocenters. The normalized spacial score (nSPS) is 56.1. The molecule has 0 amide bonds. The summed E-state index contributed by atoms with van der Waals surface area (Å²) >= 11 is 0.